The first-order valence-electron chi connectivity index (χ1n) is 7.26. The van der Waals surface area contributed by atoms with Crippen LogP contribution < -0.4 is 0 Å². The first-order chi connectivity index (χ1) is 9.37. The number of hydrogen-bond acceptors (Lipinski definition) is 2. The van der Waals surface area contributed by atoms with E-state index in [0.29, 0.717) is 19.5 Å². The highest BCUT2D eigenvalue weighted by molar-refractivity contribution is 5.79. The minimum atomic E-state index is -2.61. The molecule has 1 aliphatic carbocycles. The van der Waals surface area contributed by atoms with Gasteiger partial charge in [0.2, 0.25) is 11.8 Å². The van der Waals surface area contributed by atoms with Crippen LogP contribution in [0.15, 0.2) is 0 Å². The zero-order chi connectivity index (χ0) is 14.8. The van der Waals surface area contributed by atoms with Crippen molar-refractivity contribution in [3.8, 4) is 0 Å². The molecular formula is C14H21F2NO3. The van der Waals surface area contributed by atoms with Crippen molar-refractivity contribution in [2.75, 3.05) is 13.1 Å². The van der Waals surface area contributed by atoms with Crippen LogP contribution in [-0.4, -0.2) is 40.9 Å². The van der Waals surface area contributed by atoms with Crippen LogP contribution in [0.2, 0.25) is 0 Å². The number of likely N-dealkylation sites (tertiary alicyclic amines) is 1. The molecule has 1 saturated heterocycles. The minimum Gasteiger partial charge on any atom is -0.481 e. The van der Waals surface area contributed by atoms with Crippen LogP contribution in [0.1, 0.15) is 44.9 Å². The summed E-state index contributed by atoms with van der Waals surface area (Å²) in [6, 6.07) is 0. The van der Waals surface area contributed by atoms with Crippen molar-refractivity contribution in [2.45, 2.75) is 50.9 Å². The van der Waals surface area contributed by atoms with Gasteiger partial charge in [-0.25, -0.2) is 8.78 Å². The van der Waals surface area contributed by atoms with Crippen LogP contribution in [0.5, 0.6) is 0 Å². The molecule has 2 fully saturated rings. The van der Waals surface area contributed by atoms with E-state index in [-0.39, 0.29) is 49.8 Å². The Bertz CT molecular complexity index is 377. The Morgan fingerprint density at radius 1 is 1.20 bits per heavy atom. The average Bonchev–Trinajstić information content (AvgIpc) is 2.84. The molecule has 0 aromatic heterocycles. The van der Waals surface area contributed by atoms with Gasteiger partial charge in [-0.1, -0.05) is 0 Å². The number of rotatable bonds is 4. The van der Waals surface area contributed by atoms with Crippen molar-refractivity contribution in [2.24, 2.45) is 11.8 Å². The van der Waals surface area contributed by atoms with E-state index >= 15 is 0 Å². The van der Waals surface area contributed by atoms with Crippen LogP contribution >= 0.6 is 0 Å². The lowest BCUT2D eigenvalue weighted by Crippen LogP contribution is -2.38. The van der Waals surface area contributed by atoms with Crippen molar-refractivity contribution in [1.82, 2.24) is 4.90 Å². The van der Waals surface area contributed by atoms with Gasteiger partial charge in [-0.2, -0.15) is 0 Å². The number of hydrogen-bond donors (Lipinski definition) is 1. The molecule has 1 aliphatic heterocycles. The number of alkyl halides is 2. The second kappa shape index (κ2) is 6.06. The number of carbonyl (C=O) groups excluding carboxylic acids is 1. The summed E-state index contributed by atoms with van der Waals surface area (Å²) in [5.41, 5.74) is 0. The summed E-state index contributed by atoms with van der Waals surface area (Å²) in [6.45, 7) is 1.22. The Morgan fingerprint density at radius 3 is 2.45 bits per heavy atom. The summed E-state index contributed by atoms with van der Waals surface area (Å²) in [4.78, 5) is 24.5. The third-order valence-corrected chi connectivity index (χ3v) is 4.43. The zero-order valence-electron chi connectivity index (χ0n) is 11.5. The molecule has 2 aliphatic rings. The lowest BCUT2D eigenvalue weighted by Gasteiger charge is -2.30. The number of halogens is 2. The van der Waals surface area contributed by atoms with E-state index in [1.165, 1.54) is 0 Å². The van der Waals surface area contributed by atoms with Gasteiger partial charge in [0.05, 0.1) is 0 Å². The molecule has 4 nitrogen and oxygen atoms in total. The van der Waals surface area contributed by atoms with E-state index in [1.807, 2.05) is 0 Å². The molecule has 1 N–H and O–H groups in total. The summed E-state index contributed by atoms with van der Waals surface area (Å²) in [5, 5.41) is 8.65. The van der Waals surface area contributed by atoms with Crippen LogP contribution in [0.3, 0.4) is 0 Å². The maximum absolute atomic E-state index is 13.1. The lowest BCUT2D eigenvalue weighted by atomic mass is 9.86. The molecule has 2 rings (SSSR count). The molecule has 1 atom stereocenters. The smallest absolute Gasteiger partial charge is 0.303 e. The first kappa shape index (κ1) is 15.2. The highest BCUT2D eigenvalue weighted by atomic mass is 19.3. The fraction of sp³-hybridized carbons (Fsp3) is 0.857. The topological polar surface area (TPSA) is 57.6 Å². The van der Waals surface area contributed by atoms with Gasteiger partial charge < -0.3 is 10.0 Å². The molecule has 6 heteroatoms. The van der Waals surface area contributed by atoms with E-state index in [2.05, 4.69) is 0 Å². The van der Waals surface area contributed by atoms with Gasteiger partial charge in [-0.3, -0.25) is 9.59 Å². The quantitative estimate of drug-likeness (QED) is 0.865. The van der Waals surface area contributed by atoms with Crippen LogP contribution in [0, 0.1) is 11.8 Å². The number of amides is 1. The predicted molar refractivity (Wildman–Crippen MR) is 68.5 cm³/mol. The predicted octanol–water partition coefficient (Wildman–Crippen LogP) is 2.53. The fourth-order valence-electron chi connectivity index (χ4n) is 3.14. The standard InChI is InChI=1S/C14H21F2NO3/c15-14(16)6-3-11(4-7-14)13(20)17-8-5-10(9-17)1-2-12(18)19/h10-11H,1-9H2,(H,18,19). The van der Waals surface area contributed by atoms with Crippen molar-refractivity contribution >= 4 is 11.9 Å². The van der Waals surface area contributed by atoms with Crippen LogP contribution in [-0.2, 0) is 9.59 Å². The molecule has 0 spiro atoms. The van der Waals surface area contributed by atoms with Gasteiger partial charge in [-0.05, 0) is 31.6 Å². The largest absolute Gasteiger partial charge is 0.481 e. The molecule has 114 valence electrons. The Kier molecular flexibility index (Phi) is 4.60. The number of aliphatic carboxylic acids is 1. The van der Waals surface area contributed by atoms with E-state index < -0.39 is 11.9 Å². The fourth-order valence-corrected chi connectivity index (χ4v) is 3.14. The molecule has 1 unspecified atom stereocenters. The van der Waals surface area contributed by atoms with Gasteiger partial charge in [0.25, 0.3) is 0 Å². The molecule has 1 heterocycles. The highest BCUT2D eigenvalue weighted by Crippen LogP contribution is 2.37. The van der Waals surface area contributed by atoms with E-state index in [1.54, 1.807) is 4.90 Å². The third kappa shape index (κ3) is 3.90. The molecule has 0 radical (unpaired) electrons. The van der Waals surface area contributed by atoms with Crippen LogP contribution in [0.4, 0.5) is 8.78 Å². The lowest BCUT2D eigenvalue weighted by molar-refractivity contribution is -0.138. The van der Waals surface area contributed by atoms with E-state index in [4.69, 9.17) is 5.11 Å². The molecule has 0 aromatic carbocycles. The third-order valence-electron chi connectivity index (χ3n) is 4.43. The molecule has 0 bridgehead atoms. The van der Waals surface area contributed by atoms with Gasteiger partial charge in [0, 0.05) is 38.3 Å². The maximum atomic E-state index is 13.1. The highest BCUT2D eigenvalue weighted by Gasteiger charge is 2.39. The average molecular weight is 289 g/mol. The molecular weight excluding hydrogens is 268 g/mol. The van der Waals surface area contributed by atoms with Crippen LogP contribution in [0.25, 0.3) is 0 Å². The summed E-state index contributed by atoms with van der Waals surface area (Å²) in [6.07, 6.45) is 1.68. The zero-order valence-corrected chi connectivity index (χ0v) is 11.5. The summed E-state index contributed by atoms with van der Waals surface area (Å²) >= 11 is 0. The molecule has 20 heavy (non-hydrogen) atoms. The number of carboxylic acids is 1. The molecule has 1 saturated carbocycles. The summed E-state index contributed by atoms with van der Waals surface area (Å²) in [7, 11) is 0. The number of nitrogens with zero attached hydrogens (tertiary/aromatic N) is 1. The normalized spacial score (nSPS) is 26.7. The monoisotopic (exact) mass is 289 g/mol. The molecule has 0 aromatic rings. The first-order valence-corrected chi connectivity index (χ1v) is 7.26. The Labute approximate surface area is 117 Å². The van der Waals surface area contributed by atoms with E-state index in [0.717, 1.165) is 6.42 Å². The maximum Gasteiger partial charge on any atom is 0.303 e. The van der Waals surface area contributed by atoms with Crippen molar-refractivity contribution in [3.63, 3.8) is 0 Å². The van der Waals surface area contributed by atoms with E-state index in [9.17, 15) is 18.4 Å². The SMILES string of the molecule is O=C(O)CCC1CCN(C(=O)C2CCC(F)(F)CC2)C1. The van der Waals surface area contributed by atoms with Gasteiger partial charge in [-0.15, -0.1) is 0 Å². The summed E-state index contributed by atoms with van der Waals surface area (Å²) in [5.74, 6) is -3.47. The Hall–Kier alpha value is -1.20. The Balaban J connectivity index is 1.78. The van der Waals surface area contributed by atoms with Crippen molar-refractivity contribution in [1.29, 1.82) is 0 Å². The van der Waals surface area contributed by atoms with Gasteiger partial charge >= 0.3 is 5.97 Å². The summed E-state index contributed by atoms with van der Waals surface area (Å²) < 4.78 is 26.2. The molecule has 1 amide bonds. The number of carboxylic acid groups (broad SMARTS) is 1. The van der Waals surface area contributed by atoms with Crippen molar-refractivity contribution in [3.05, 3.63) is 0 Å². The van der Waals surface area contributed by atoms with Crippen molar-refractivity contribution < 1.29 is 23.5 Å². The number of carbonyl (C=O) groups is 2. The van der Waals surface area contributed by atoms with Gasteiger partial charge in [0.15, 0.2) is 0 Å². The Morgan fingerprint density at radius 2 is 1.85 bits per heavy atom. The van der Waals surface area contributed by atoms with Gasteiger partial charge in [0.1, 0.15) is 0 Å². The second-order valence-corrected chi connectivity index (χ2v) is 6.00. The second-order valence-electron chi connectivity index (χ2n) is 6.00. The minimum absolute atomic E-state index is 0.0154.